The summed E-state index contributed by atoms with van der Waals surface area (Å²) in [7, 11) is 0. The zero-order valence-electron chi connectivity index (χ0n) is 20.2. The van der Waals surface area contributed by atoms with Crippen LogP contribution in [0.4, 0.5) is 0 Å². The lowest BCUT2D eigenvalue weighted by atomic mass is 9.95. The quantitative estimate of drug-likeness (QED) is 0.387. The number of ether oxygens (including phenoxy) is 6. The summed E-state index contributed by atoms with van der Waals surface area (Å²) in [6, 6.07) is 8.47. The second kappa shape index (κ2) is 12.8. The van der Waals surface area contributed by atoms with Crippen molar-refractivity contribution in [2.24, 2.45) is 5.92 Å². The van der Waals surface area contributed by atoms with Gasteiger partial charge in [0.05, 0.1) is 19.1 Å². The number of fused-ring (bicyclic) bond motifs is 1. The van der Waals surface area contributed by atoms with Crippen molar-refractivity contribution >= 4 is 17.8 Å². The van der Waals surface area contributed by atoms with Gasteiger partial charge in [0.15, 0.2) is 18.7 Å². The van der Waals surface area contributed by atoms with Gasteiger partial charge in [0.2, 0.25) is 5.91 Å². The highest BCUT2D eigenvalue weighted by molar-refractivity contribution is 5.74. The second-order valence-corrected chi connectivity index (χ2v) is 8.41. The van der Waals surface area contributed by atoms with Crippen molar-refractivity contribution in [1.29, 1.82) is 0 Å². The van der Waals surface area contributed by atoms with Gasteiger partial charge in [-0.05, 0) is 6.92 Å². The van der Waals surface area contributed by atoms with Crippen molar-refractivity contribution in [2.75, 3.05) is 19.8 Å². The Morgan fingerprint density at radius 2 is 1.97 bits per heavy atom. The van der Waals surface area contributed by atoms with Crippen LogP contribution in [0, 0.1) is 5.92 Å². The zero-order chi connectivity index (χ0) is 25.4. The lowest BCUT2D eigenvalue weighted by molar-refractivity contribution is -0.345. The molecule has 10 nitrogen and oxygen atoms in total. The van der Waals surface area contributed by atoms with Crippen molar-refractivity contribution in [2.45, 2.75) is 64.1 Å². The molecule has 4 unspecified atom stereocenters. The van der Waals surface area contributed by atoms with Crippen LogP contribution >= 0.6 is 0 Å². The first-order valence-electron chi connectivity index (χ1n) is 11.7. The molecule has 7 atom stereocenters. The molecule has 3 rings (SSSR count). The molecular weight excluding hydrogens is 458 g/mol. The van der Waals surface area contributed by atoms with Crippen LogP contribution in [0.3, 0.4) is 0 Å². The first kappa shape index (κ1) is 26.8. The Balaban J connectivity index is 1.80. The molecule has 10 heteroatoms. The third-order valence-electron chi connectivity index (χ3n) is 5.59. The molecule has 0 aromatic heterocycles. The van der Waals surface area contributed by atoms with Crippen LogP contribution in [0.5, 0.6) is 0 Å². The number of carbonyl (C=O) groups excluding carboxylic acids is 3. The standard InChI is InChI=1S/C25H33NO9/c1-5-12-30-23(29)15(3)13-31-25-20(26-16(4)27)22(34-19(28)6-2)21-18(33-25)14-32-24(35-21)17-10-8-7-9-11-17/h5,7-11,15,18,20-22,24-25H,1,6,12-14H2,2-4H3,(H,26,27)/t15?,18?,20?,21-,22-,24?,25-/m1/s1. The minimum absolute atomic E-state index is 0.0447. The molecule has 0 bridgehead atoms. The van der Waals surface area contributed by atoms with Crippen LogP contribution in [-0.4, -0.2) is 68.3 Å². The number of benzene rings is 1. The van der Waals surface area contributed by atoms with Crippen molar-refractivity contribution < 1.29 is 42.8 Å². The normalized spacial score (nSPS) is 28.8. The van der Waals surface area contributed by atoms with Crippen LogP contribution in [0.2, 0.25) is 0 Å². The summed E-state index contributed by atoms with van der Waals surface area (Å²) in [5.41, 5.74) is 0.799. The van der Waals surface area contributed by atoms with Crippen molar-refractivity contribution in [3.05, 3.63) is 48.6 Å². The fourth-order valence-corrected chi connectivity index (χ4v) is 3.85. The fraction of sp³-hybridized carbons (Fsp3) is 0.560. The van der Waals surface area contributed by atoms with Crippen molar-refractivity contribution in [3.63, 3.8) is 0 Å². The molecule has 1 amide bonds. The van der Waals surface area contributed by atoms with Gasteiger partial charge in [-0.3, -0.25) is 14.4 Å². The number of rotatable bonds is 10. The van der Waals surface area contributed by atoms with Gasteiger partial charge in [-0.15, -0.1) is 0 Å². The monoisotopic (exact) mass is 491 g/mol. The Kier molecular flexibility index (Phi) is 9.79. The Morgan fingerprint density at radius 1 is 1.23 bits per heavy atom. The van der Waals surface area contributed by atoms with Gasteiger partial charge < -0.3 is 33.7 Å². The first-order valence-corrected chi connectivity index (χ1v) is 11.7. The SMILES string of the molecule is C=CCOC(=O)C(C)CO[C@@H]1OC2COC(c3ccccc3)O[C@H]2[C@H](OC(=O)CC)C1NC(C)=O. The highest BCUT2D eigenvalue weighted by Crippen LogP contribution is 2.36. The van der Waals surface area contributed by atoms with Gasteiger partial charge in [0, 0.05) is 18.9 Å². The third kappa shape index (κ3) is 7.11. The number of esters is 2. The fourth-order valence-electron chi connectivity index (χ4n) is 3.85. The number of amides is 1. The predicted octanol–water partition coefficient (Wildman–Crippen LogP) is 2.03. The van der Waals surface area contributed by atoms with Gasteiger partial charge in [0.1, 0.15) is 24.9 Å². The maximum atomic E-state index is 12.3. The highest BCUT2D eigenvalue weighted by Gasteiger charge is 2.52. The van der Waals surface area contributed by atoms with E-state index in [1.807, 2.05) is 30.3 Å². The Hall–Kier alpha value is -2.79. The molecule has 192 valence electrons. The molecule has 0 aliphatic carbocycles. The molecular formula is C25H33NO9. The molecule has 0 spiro atoms. The largest absolute Gasteiger partial charge is 0.461 e. The second-order valence-electron chi connectivity index (χ2n) is 8.41. The Bertz CT molecular complexity index is 877. The van der Waals surface area contributed by atoms with Crippen LogP contribution < -0.4 is 5.32 Å². The number of hydrogen-bond acceptors (Lipinski definition) is 9. The van der Waals surface area contributed by atoms with E-state index in [1.54, 1.807) is 13.8 Å². The molecule has 1 aromatic carbocycles. The molecule has 0 radical (unpaired) electrons. The van der Waals surface area contributed by atoms with E-state index in [9.17, 15) is 14.4 Å². The molecule has 2 saturated heterocycles. The van der Waals surface area contributed by atoms with E-state index in [1.165, 1.54) is 13.0 Å². The lowest BCUT2D eigenvalue weighted by Crippen LogP contribution is -2.67. The average Bonchev–Trinajstić information content (AvgIpc) is 2.87. The van der Waals surface area contributed by atoms with E-state index in [2.05, 4.69) is 11.9 Å². The maximum Gasteiger partial charge on any atom is 0.311 e. The molecule has 2 fully saturated rings. The topological polar surface area (TPSA) is 119 Å². The summed E-state index contributed by atoms with van der Waals surface area (Å²) in [6.07, 6.45) is -2.38. The molecule has 2 aliphatic heterocycles. The summed E-state index contributed by atoms with van der Waals surface area (Å²) < 4.78 is 34.9. The van der Waals surface area contributed by atoms with Gasteiger partial charge in [-0.25, -0.2) is 0 Å². The maximum absolute atomic E-state index is 12.3. The summed E-state index contributed by atoms with van der Waals surface area (Å²) in [5, 5.41) is 2.77. The summed E-state index contributed by atoms with van der Waals surface area (Å²) in [4.78, 5) is 36.5. The Labute approximate surface area is 204 Å². The van der Waals surface area contributed by atoms with E-state index in [4.69, 9.17) is 28.4 Å². The molecule has 0 saturated carbocycles. The molecule has 35 heavy (non-hydrogen) atoms. The van der Waals surface area contributed by atoms with Gasteiger partial charge in [-0.1, -0.05) is 49.9 Å². The average molecular weight is 492 g/mol. The number of carbonyl (C=O) groups is 3. The van der Waals surface area contributed by atoms with E-state index in [-0.39, 0.29) is 32.1 Å². The lowest BCUT2D eigenvalue weighted by Gasteiger charge is -2.48. The van der Waals surface area contributed by atoms with Crippen LogP contribution in [0.1, 0.15) is 39.0 Å². The molecule has 2 heterocycles. The number of nitrogens with one attached hydrogen (secondary N) is 1. The van der Waals surface area contributed by atoms with Gasteiger partial charge in [-0.2, -0.15) is 0 Å². The minimum Gasteiger partial charge on any atom is -0.461 e. The van der Waals surface area contributed by atoms with E-state index in [0.717, 1.165) is 5.56 Å². The van der Waals surface area contributed by atoms with E-state index >= 15 is 0 Å². The molecule has 1 N–H and O–H groups in total. The van der Waals surface area contributed by atoms with Gasteiger partial charge in [0.25, 0.3) is 0 Å². The minimum atomic E-state index is -1.02. The van der Waals surface area contributed by atoms with E-state index < -0.39 is 54.8 Å². The molecule has 1 aromatic rings. The summed E-state index contributed by atoms with van der Waals surface area (Å²) in [6.45, 7) is 8.38. The van der Waals surface area contributed by atoms with Crippen molar-refractivity contribution in [3.8, 4) is 0 Å². The first-order chi connectivity index (χ1) is 16.8. The van der Waals surface area contributed by atoms with Crippen LogP contribution in [0.25, 0.3) is 0 Å². The zero-order valence-corrected chi connectivity index (χ0v) is 20.2. The van der Waals surface area contributed by atoms with Crippen molar-refractivity contribution in [1.82, 2.24) is 5.32 Å². The smallest absolute Gasteiger partial charge is 0.311 e. The van der Waals surface area contributed by atoms with E-state index in [0.29, 0.717) is 0 Å². The predicted molar refractivity (Wildman–Crippen MR) is 123 cm³/mol. The molecule has 2 aliphatic rings. The summed E-state index contributed by atoms with van der Waals surface area (Å²) in [5.74, 6) is -1.89. The third-order valence-corrected chi connectivity index (χ3v) is 5.59. The van der Waals surface area contributed by atoms with Gasteiger partial charge >= 0.3 is 11.9 Å². The van der Waals surface area contributed by atoms with Crippen LogP contribution in [-0.2, 0) is 42.8 Å². The van der Waals surface area contributed by atoms with Crippen LogP contribution in [0.15, 0.2) is 43.0 Å². The Morgan fingerprint density at radius 3 is 2.63 bits per heavy atom. The summed E-state index contributed by atoms with van der Waals surface area (Å²) >= 11 is 0. The highest BCUT2D eigenvalue weighted by atomic mass is 16.8. The number of hydrogen-bond donors (Lipinski definition) is 1.